The van der Waals surface area contributed by atoms with Crippen molar-refractivity contribution in [2.45, 2.75) is 38.1 Å². The van der Waals surface area contributed by atoms with Crippen molar-refractivity contribution in [1.82, 2.24) is 4.90 Å². The first-order valence-electron chi connectivity index (χ1n) is 11.4. The number of rotatable bonds is 8. The van der Waals surface area contributed by atoms with Gasteiger partial charge in [0.15, 0.2) is 0 Å². The predicted octanol–water partition coefficient (Wildman–Crippen LogP) is 4.21. The minimum atomic E-state index is -2.18. The van der Waals surface area contributed by atoms with Crippen LogP contribution in [0.2, 0.25) is 0 Å². The number of nitrogens with zero attached hydrogens (tertiary/aromatic N) is 2. The molecule has 5 heteroatoms. The Morgan fingerprint density at radius 1 is 1.26 bits per heavy atom. The van der Waals surface area contributed by atoms with E-state index in [0.29, 0.717) is 43.8 Å². The lowest BCUT2D eigenvalue weighted by molar-refractivity contribution is -0.120. The van der Waals surface area contributed by atoms with Crippen molar-refractivity contribution in [1.29, 1.82) is 0 Å². The second-order valence-corrected chi connectivity index (χ2v) is 7.72. The molecule has 0 spiro atoms. The van der Waals surface area contributed by atoms with Crippen LogP contribution in [0.4, 0.5) is 5.69 Å². The molecule has 27 heavy (non-hydrogen) atoms. The average Bonchev–Trinajstić information content (AvgIpc) is 3.31. The Labute approximate surface area is 172 Å². The fraction of sp³-hybridized carbons (Fsp3) is 0.500. The number of ether oxygens (including phenoxy) is 1. The zero-order valence-corrected chi connectivity index (χ0v) is 16.8. The van der Waals surface area contributed by atoms with E-state index >= 15 is 0 Å². The maximum Gasteiger partial charge on any atom is 0.227 e. The second-order valence-electron chi connectivity index (χ2n) is 6.78. The van der Waals surface area contributed by atoms with E-state index in [2.05, 4.69) is 0 Å². The van der Waals surface area contributed by atoms with Gasteiger partial charge in [-0.1, -0.05) is 31.2 Å². The number of thiophene rings is 1. The summed E-state index contributed by atoms with van der Waals surface area (Å²) >= 11 is 1.22. The Morgan fingerprint density at radius 3 is 2.59 bits per heavy atom. The van der Waals surface area contributed by atoms with E-state index in [9.17, 15) is 4.79 Å². The Balaban J connectivity index is 1.88. The number of methoxy groups -OCH3 is 1. The Hall–Kier alpha value is -1.69. The number of aryl methyl sites for hydroxylation is 1. The normalized spacial score (nSPS) is 20.2. The van der Waals surface area contributed by atoms with Crippen molar-refractivity contribution in [2.24, 2.45) is 0 Å². The lowest BCUT2D eigenvalue weighted by atomic mass is 9.85. The van der Waals surface area contributed by atoms with E-state index in [1.54, 1.807) is 29.5 Å². The van der Waals surface area contributed by atoms with Gasteiger partial charge in [0.2, 0.25) is 5.91 Å². The molecular weight excluding hydrogens is 356 g/mol. The molecule has 1 aromatic heterocycles. The van der Waals surface area contributed by atoms with Crippen LogP contribution in [0, 0.1) is 0 Å². The molecule has 0 bridgehead atoms. The van der Waals surface area contributed by atoms with Crippen LogP contribution in [0.15, 0.2) is 47.8 Å². The third-order valence-corrected chi connectivity index (χ3v) is 5.79. The number of carbonyl (C=O) groups is 1. The summed E-state index contributed by atoms with van der Waals surface area (Å²) in [5.41, 5.74) is 0.197. The SMILES string of the molecule is [2H]C([2H])(c1cccs1)C([2H])([2H])N1CCC(COC)(N(C(=O)CC)c2ccccc2)CC1. The standard InChI is InChI=1S/C22H30N2O2S/c1-3-21(25)24(19-8-5-4-6-9-19)22(18-26-2)12-15-23(16-13-22)14-11-20-10-7-17-27-20/h4-10,17H,3,11-16,18H2,1-2H3/i11D2,14D2. The van der Waals surface area contributed by atoms with Crippen molar-refractivity contribution < 1.29 is 15.0 Å². The summed E-state index contributed by atoms with van der Waals surface area (Å²) in [5, 5.41) is 1.76. The summed E-state index contributed by atoms with van der Waals surface area (Å²) in [5.74, 6) is -0.00590. The topological polar surface area (TPSA) is 32.8 Å². The summed E-state index contributed by atoms with van der Waals surface area (Å²) in [6.45, 7) is 0.636. The van der Waals surface area contributed by atoms with Gasteiger partial charge >= 0.3 is 0 Å². The number of piperidine rings is 1. The minimum Gasteiger partial charge on any atom is -0.382 e. The lowest BCUT2D eigenvalue weighted by Gasteiger charge is -2.48. The molecule has 0 aliphatic carbocycles. The molecule has 2 heterocycles. The van der Waals surface area contributed by atoms with E-state index in [1.807, 2.05) is 42.2 Å². The van der Waals surface area contributed by atoms with E-state index in [4.69, 9.17) is 10.2 Å². The first kappa shape index (κ1) is 15.3. The van der Waals surface area contributed by atoms with Gasteiger partial charge in [-0.15, -0.1) is 11.3 Å². The van der Waals surface area contributed by atoms with Gasteiger partial charge in [0.25, 0.3) is 0 Å². The number of anilines is 1. The fourth-order valence-corrected chi connectivity index (χ4v) is 4.20. The molecule has 0 atom stereocenters. The first-order valence-corrected chi connectivity index (χ1v) is 10.2. The molecule has 0 unspecified atom stereocenters. The van der Waals surface area contributed by atoms with E-state index in [-0.39, 0.29) is 5.91 Å². The van der Waals surface area contributed by atoms with Crippen LogP contribution in [-0.2, 0) is 15.9 Å². The zero-order chi connectivity index (χ0) is 22.7. The van der Waals surface area contributed by atoms with Gasteiger partial charge in [-0.2, -0.15) is 0 Å². The maximum absolute atomic E-state index is 13.0. The highest BCUT2D eigenvalue weighted by atomic mass is 32.1. The molecule has 146 valence electrons. The van der Waals surface area contributed by atoms with Crippen LogP contribution in [0.5, 0.6) is 0 Å². The van der Waals surface area contributed by atoms with E-state index in [0.717, 1.165) is 5.69 Å². The molecule has 3 rings (SSSR count). The highest BCUT2D eigenvalue weighted by molar-refractivity contribution is 7.09. The van der Waals surface area contributed by atoms with Gasteiger partial charge in [0.05, 0.1) is 12.1 Å². The van der Waals surface area contributed by atoms with Gasteiger partial charge in [-0.3, -0.25) is 4.79 Å². The van der Waals surface area contributed by atoms with Crippen molar-refractivity contribution >= 4 is 22.9 Å². The molecule has 1 aliphatic heterocycles. The smallest absolute Gasteiger partial charge is 0.227 e. The molecule has 1 aliphatic rings. The van der Waals surface area contributed by atoms with E-state index in [1.165, 1.54) is 11.3 Å². The van der Waals surface area contributed by atoms with Crippen LogP contribution in [0.1, 0.15) is 36.5 Å². The molecule has 4 nitrogen and oxygen atoms in total. The number of hydrogen-bond acceptors (Lipinski definition) is 4. The number of carbonyl (C=O) groups excluding carboxylic acids is 1. The molecule has 1 fully saturated rings. The molecular formula is C22H30N2O2S. The monoisotopic (exact) mass is 390 g/mol. The molecule has 0 saturated carbocycles. The van der Waals surface area contributed by atoms with Crippen LogP contribution in [0.25, 0.3) is 0 Å². The zero-order valence-electron chi connectivity index (χ0n) is 20.0. The van der Waals surface area contributed by atoms with Crippen molar-refractivity contribution in [2.75, 3.05) is 38.2 Å². The van der Waals surface area contributed by atoms with Crippen LogP contribution in [-0.4, -0.2) is 49.6 Å². The third kappa shape index (κ3) is 4.78. The summed E-state index contributed by atoms with van der Waals surface area (Å²) in [7, 11) is 1.61. The van der Waals surface area contributed by atoms with Crippen LogP contribution in [0.3, 0.4) is 0 Å². The van der Waals surface area contributed by atoms with Crippen molar-refractivity contribution in [3.8, 4) is 0 Å². The quantitative estimate of drug-likeness (QED) is 0.677. The summed E-state index contributed by atoms with van der Waals surface area (Å²) < 4.78 is 39.8. The Bertz CT molecular complexity index is 854. The summed E-state index contributed by atoms with van der Waals surface area (Å²) in [6.07, 6.45) is -0.810. The maximum atomic E-state index is 13.0. The largest absolute Gasteiger partial charge is 0.382 e. The average molecular weight is 391 g/mol. The molecule has 0 radical (unpaired) electrons. The van der Waals surface area contributed by atoms with Crippen molar-refractivity contribution in [3.05, 3.63) is 52.7 Å². The third-order valence-electron chi connectivity index (χ3n) is 5.01. The van der Waals surface area contributed by atoms with Gasteiger partial charge in [0.1, 0.15) is 0 Å². The second kappa shape index (κ2) is 9.49. The van der Waals surface area contributed by atoms with Gasteiger partial charge < -0.3 is 14.5 Å². The summed E-state index contributed by atoms with van der Waals surface area (Å²) in [6, 6.07) is 12.9. The number of benzene rings is 1. The first-order chi connectivity index (χ1) is 14.7. The molecule has 0 N–H and O–H groups in total. The number of hydrogen-bond donors (Lipinski definition) is 0. The molecule has 1 amide bonds. The van der Waals surface area contributed by atoms with Crippen LogP contribution >= 0.6 is 11.3 Å². The van der Waals surface area contributed by atoms with Gasteiger partial charge in [0, 0.05) is 49.2 Å². The molecule has 1 aromatic carbocycles. The van der Waals surface area contributed by atoms with Gasteiger partial charge in [-0.25, -0.2) is 0 Å². The fourth-order valence-electron chi connectivity index (χ4n) is 3.64. The minimum absolute atomic E-state index is 0.00590. The van der Waals surface area contributed by atoms with Crippen LogP contribution < -0.4 is 4.90 Å². The number of para-hydroxylation sites is 1. The lowest BCUT2D eigenvalue weighted by Crippen LogP contribution is -2.60. The highest BCUT2D eigenvalue weighted by Gasteiger charge is 2.42. The van der Waals surface area contributed by atoms with E-state index < -0.39 is 18.4 Å². The van der Waals surface area contributed by atoms with Crippen molar-refractivity contribution in [3.63, 3.8) is 0 Å². The Morgan fingerprint density at radius 2 is 2.00 bits per heavy atom. The predicted molar refractivity (Wildman–Crippen MR) is 113 cm³/mol. The summed E-state index contributed by atoms with van der Waals surface area (Å²) in [4.78, 5) is 16.8. The highest BCUT2D eigenvalue weighted by Crippen LogP contribution is 2.34. The molecule has 1 saturated heterocycles. The number of amides is 1. The molecule has 2 aromatic rings. The Kier molecular flexibility index (Phi) is 5.36. The van der Waals surface area contributed by atoms with Gasteiger partial charge in [-0.05, 0) is 42.8 Å². The number of likely N-dealkylation sites (tertiary alicyclic amines) is 1.